The van der Waals surface area contributed by atoms with Gasteiger partial charge in [0.05, 0.1) is 46.4 Å². The van der Waals surface area contributed by atoms with Gasteiger partial charge in [0.15, 0.2) is 0 Å². The van der Waals surface area contributed by atoms with Crippen LogP contribution < -0.4 is 17.1 Å². The van der Waals surface area contributed by atoms with Crippen LogP contribution in [0.4, 0.5) is 0 Å². The zero-order chi connectivity index (χ0) is 26.1. The van der Waals surface area contributed by atoms with Crippen molar-refractivity contribution in [2.24, 2.45) is 0 Å². The van der Waals surface area contributed by atoms with Gasteiger partial charge in [0.2, 0.25) is 5.91 Å². The fraction of sp³-hybridized carbons (Fsp3) is 0.667. The van der Waals surface area contributed by atoms with Crippen molar-refractivity contribution in [2.45, 2.75) is 84.6 Å². The summed E-state index contributed by atoms with van der Waals surface area (Å²) in [6, 6.07) is 8.48. The Bertz CT molecular complexity index is 789. The summed E-state index contributed by atoms with van der Waals surface area (Å²) in [5.74, 6) is 0.853. The average molecular weight is 537 g/mol. The second-order valence-corrected chi connectivity index (χ2v) is 10.2. The van der Waals surface area contributed by atoms with Crippen LogP contribution in [-0.2, 0) is 20.9 Å². The number of benzene rings is 1. The molecule has 2 rings (SSSR count). The predicted molar refractivity (Wildman–Crippen MR) is 146 cm³/mol. The smallest absolute Gasteiger partial charge is 0.302 e. The summed E-state index contributed by atoms with van der Waals surface area (Å²) in [6.07, 6.45) is 15.3. The van der Waals surface area contributed by atoms with Crippen molar-refractivity contribution in [3.63, 3.8) is 0 Å². The number of carbonyl (C=O) groups excluding carboxylic acids is 2. The highest BCUT2D eigenvalue weighted by molar-refractivity contribution is 5.87. The summed E-state index contributed by atoms with van der Waals surface area (Å²) in [5.41, 5.74) is 1.34. The maximum absolute atomic E-state index is 12.8. The highest BCUT2D eigenvalue weighted by Crippen LogP contribution is 2.22. The number of halogens is 1. The maximum Gasteiger partial charge on any atom is 0.302 e. The van der Waals surface area contributed by atoms with Gasteiger partial charge >= 0.3 is 5.97 Å². The largest absolute Gasteiger partial charge is 1.00 e. The molecule has 6 nitrogen and oxygen atoms in total. The van der Waals surface area contributed by atoms with Crippen molar-refractivity contribution in [1.29, 1.82) is 0 Å². The van der Waals surface area contributed by atoms with Crippen molar-refractivity contribution < 1.29 is 36.0 Å². The number of unbranched alkanes of at least 4 members (excludes halogenated alkanes) is 8. The minimum Gasteiger partial charge on any atom is -1.00 e. The molecule has 0 N–H and O–H groups in total. The Hall–Kier alpha value is -2.05. The molecule has 0 radical (unpaired) electrons. The van der Waals surface area contributed by atoms with Crippen molar-refractivity contribution in [1.82, 2.24) is 4.90 Å². The average Bonchev–Trinajstić information content (AvgIpc) is 2.88. The molecule has 0 spiro atoms. The first-order valence-electron chi connectivity index (χ1n) is 14.0. The number of hydrogen-bond donors (Lipinski definition) is 0. The predicted octanol–water partition coefficient (Wildman–Crippen LogP) is 2.90. The summed E-state index contributed by atoms with van der Waals surface area (Å²) < 4.78 is 11.4. The number of allylic oxidation sites excluding steroid dienone is 1. The van der Waals surface area contributed by atoms with Gasteiger partial charge in [-0.25, -0.2) is 0 Å². The number of ether oxygens (including phenoxy) is 2. The molecule has 1 aromatic carbocycles. The van der Waals surface area contributed by atoms with Gasteiger partial charge in [0.1, 0.15) is 12.3 Å². The second-order valence-electron chi connectivity index (χ2n) is 10.2. The summed E-state index contributed by atoms with van der Waals surface area (Å²) in [7, 11) is 1.71. The molecule has 210 valence electrons. The Labute approximate surface area is 231 Å². The fourth-order valence-electron chi connectivity index (χ4n) is 4.96. The van der Waals surface area contributed by atoms with E-state index in [2.05, 4.69) is 31.2 Å². The quantitative estimate of drug-likeness (QED) is 0.133. The van der Waals surface area contributed by atoms with Crippen molar-refractivity contribution in [3.8, 4) is 5.75 Å². The van der Waals surface area contributed by atoms with Crippen LogP contribution in [0.1, 0.15) is 83.6 Å². The van der Waals surface area contributed by atoms with Crippen LogP contribution in [0.2, 0.25) is 0 Å². The molecule has 0 saturated carbocycles. The van der Waals surface area contributed by atoms with Gasteiger partial charge in [-0.3, -0.25) is 9.59 Å². The first-order chi connectivity index (χ1) is 17.5. The Morgan fingerprint density at radius 2 is 1.59 bits per heavy atom. The van der Waals surface area contributed by atoms with E-state index >= 15 is 0 Å². The molecule has 1 saturated heterocycles. The zero-order valence-electron chi connectivity index (χ0n) is 23.4. The minimum absolute atomic E-state index is 0. The van der Waals surface area contributed by atoms with Crippen molar-refractivity contribution >= 4 is 11.9 Å². The normalized spacial score (nSPS) is 14.8. The standard InChI is InChI=1S/C30H49N2O4.ClH/c1-4-5-6-13-22-32(26-28-16-18-29(35-3)19-17-28)23-20-31(21-24-32)30(34)15-12-10-8-7-9-11-14-25-36-27(2)33;/h12,15-19H,4-11,13-14,20-26H2,1-3H3;1H/q+1;/p-1/b15-12+;. The molecule has 1 aromatic rings. The van der Waals surface area contributed by atoms with E-state index < -0.39 is 0 Å². The number of methoxy groups -OCH3 is 1. The Kier molecular flexibility index (Phi) is 17.0. The number of nitrogens with zero attached hydrogens (tertiary/aromatic N) is 2. The molecule has 0 aliphatic carbocycles. The topological polar surface area (TPSA) is 55.8 Å². The highest BCUT2D eigenvalue weighted by Gasteiger charge is 2.33. The van der Waals surface area contributed by atoms with E-state index in [-0.39, 0.29) is 24.3 Å². The zero-order valence-corrected chi connectivity index (χ0v) is 24.1. The number of carbonyl (C=O) groups is 2. The molecule has 7 heteroatoms. The van der Waals surface area contributed by atoms with Gasteiger partial charge < -0.3 is 31.3 Å². The van der Waals surface area contributed by atoms with Gasteiger partial charge in [-0.05, 0) is 62.4 Å². The van der Waals surface area contributed by atoms with Crippen LogP contribution in [0.15, 0.2) is 36.4 Å². The van der Waals surface area contributed by atoms with Crippen LogP contribution in [-0.4, -0.2) is 67.7 Å². The van der Waals surface area contributed by atoms with E-state index in [0.717, 1.165) is 81.5 Å². The molecule has 0 unspecified atom stereocenters. The molecular formula is C30H49ClN2O4. The number of amides is 1. The molecule has 1 fully saturated rings. The van der Waals surface area contributed by atoms with Gasteiger partial charge in [0.25, 0.3) is 0 Å². The molecule has 1 heterocycles. The van der Waals surface area contributed by atoms with Crippen LogP contribution in [0, 0.1) is 0 Å². The van der Waals surface area contributed by atoms with Crippen molar-refractivity contribution in [3.05, 3.63) is 42.0 Å². The molecule has 0 aromatic heterocycles. The van der Waals surface area contributed by atoms with E-state index in [1.807, 2.05) is 11.0 Å². The third-order valence-electron chi connectivity index (χ3n) is 7.24. The molecule has 0 bridgehead atoms. The van der Waals surface area contributed by atoms with Crippen LogP contribution in [0.3, 0.4) is 0 Å². The molecule has 1 aliphatic heterocycles. The SMILES string of the molecule is CCCCCC[N+]1(Cc2ccc(OC)cc2)CCN(C(=O)/C=C/CCCCCCCOC(C)=O)CC1.[Cl-]. The van der Waals surface area contributed by atoms with Crippen LogP contribution in [0.25, 0.3) is 0 Å². The van der Waals surface area contributed by atoms with Crippen molar-refractivity contribution in [2.75, 3.05) is 46.4 Å². The number of quaternary nitrogens is 1. The Morgan fingerprint density at radius 3 is 2.24 bits per heavy atom. The lowest BCUT2D eigenvalue weighted by Gasteiger charge is -2.45. The second kappa shape index (κ2) is 19.1. The molecule has 1 amide bonds. The Morgan fingerprint density at radius 1 is 0.946 bits per heavy atom. The molecule has 1 aliphatic rings. The molecule has 0 atom stereocenters. The van der Waals surface area contributed by atoms with Gasteiger partial charge in [-0.1, -0.05) is 45.1 Å². The van der Waals surface area contributed by atoms with E-state index in [4.69, 9.17) is 9.47 Å². The van der Waals surface area contributed by atoms with Gasteiger partial charge in [0, 0.05) is 12.5 Å². The lowest BCUT2D eigenvalue weighted by atomic mass is 10.1. The first kappa shape index (κ1) is 33.0. The number of rotatable bonds is 17. The Balaban J connectivity index is 0.00000684. The summed E-state index contributed by atoms with van der Waals surface area (Å²) in [6.45, 7) is 10.1. The summed E-state index contributed by atoms with van der Waals surface area (Å²) in [4.78, 5) is 25.6. The van der Waals surface area contributed by atoms with Gasteiger partial charge in [-0.15, -0.1) is 0 Å². The number of piperazine rings is 1. The molecule has 37 heavy (non-hydrogen) atoms. The number of hydrogen-bond acceptors (Lipinski definition) is 4. The lowest BCUT2D eigenvalue weighted by molar-refractivity contribution is -0.944. The van der Waals surface area contributed by atoms with E-state index in [1.54, 1.807) is 13.2 Å². The number of esters is 1. The maximum atomic E-state index is 12.8. The summed E-state index contributed by atoms with van der Waals surface area (Å²) in [5, 5.41) is 0. The minimum atomic E-state index is -0.202. The first-order valence-corrected chi connectivity index (χ1v) is 14.0. The van der Waals surface area contributed by atoms with Gasteiger partial charge in [-0.2, -0.15) is 0 Å². The van der Waals surface area contributed by atoms with E-state index in [9.17, 15) is 9.59 Å². The molecular weight excluding hydrogens is 488 g/mol. The highest BCUT2D eigenvalue weighted by atomic mass is 35.5. The third-order valence-corrected chi connectivity index (χ3v) is 7.24. The van der Waals surface area contributed by atoms with Crippen LogP contribution >= 0.6 is 0 Å². The lowest BCUT2D eigenvalue weighted by Crippen LogP contribution is -3.00. The summed E-state index contributed by atoms with van der Waals surface area (Å²) >= 11 is 0. The van der Waals surface area contributed by atoms with Crippen LogP contribution in [0.5, 0.6) is 5.75 Å². The fourth-order valence-corrected chi connectivity index (χ4v) is 4.96. The monoisotopic (exact) mass is 536 g/mol. The van der Waals surface area contributed by atoms with E-state index in [1.165, 1.54) is 44.7 Å². The van der Waals surface area contributed by atoms with E-state index in [0.29, 0.717) is 6.61 Å². The third kappa shape index (κ3) is 13.4.